The molecular weight excluding hydrogens is 290 g/mol. The van der Waals surface area contributed by atoms with E-state index in [0.717, 1.165) is 11.3 Å². The summed E-state index contributed by atoms with van der Waals surface area (Å²) >= 11 is 0.904. The lowest BCUT2D eigenvalue weighted by atomic mass is 9.99. The molecular formula is C11H15NO5S2. The van der Waals surface area contributed by atoms with Crippen molar-refractivity contribution in [2.75, 3.05) is 13.2 Å². The largest absolute Gasteiger partial charge is 0.477 e. The second-order valence-electron chi connectivity index (χ2n) is 4.49. The molecule has 1 aromatic rings. The highest BCUT2D eigenvalue weighted by molar-refractivity contribution is 7.89. The van der Waals surface area contributed by atoms with E-state index in [0.29, 0.717) is 19.6 Å². The molecule has 6 nitrogen and oxygen atoms in total. The summed E-state index contributed by atoms with van der Waals surface area (Å²) in [6, 6.07) is 1.10. The van der Waals surface area contributed by atoms with Gasteiger partial charge in [0.25, 0.3) is 0 Å². The molecule has 0 radical (unpaired) electrons. The van der Waals surface area contributed by atoms with Gasteiger partial charge in [0.05, 0.1) is 6.61 Å². The fraction of sp³-hybridized carbons (Fsp3) is 0.545. The van der Waals surface area contributed by atoms with Crippen LogP contribution in [0, 0.1) is 5.92 Å². The lowest BCUT2D eigenvalue weighted by molar-refractivity contribution is 0.0450. The van der Waals surface area contributed by atoms with Crippen LogP contribution in [-0.4, -0.2) is 38.7 Å². The monoisotopic (exact) mass is 305 g/mol. The van der Waals surface area contributed by atoms with Crippen LogP contribution in [0.1, 0.15) is 23.0 Å². The van der Waals surface area contributed by atoms with Crippen LogP contribution in [0.25, 0.3) is 0 Å². The number of hydrogen-bond donors (Lipinski definition) is 2. The van der Waals surface area contributed by atoms with Gasteiger partial charge in [-0.3, -0.25) is 0 Å². The summed E-state index contributed by atoms with van der Waals surface area (Å²) in [7, 11) is -3.80. The summed E-state index contributed by atoms with van der Waals surface area (Å²) in [5, 5.41) is 10.4. The van der Waals surface area contributed by atoms with Gasteiger partial charge in [0.15, 0.2) is 0 Å². The third-order valence-corrected chi connectivity index (χ3v) is 5.62. The number of thiophene rings is 1. The van der Waals surface area contributed by atoms with Crippen molar-refractivity contribution in [3.05, 3.63) is 16.3 Å². The molecule has 0 amide bonds. The van der Waals surface area contributed by atoms with Crippen molar-refractivity contribution < 1.29 is 23.1 Å². The average Bonchev–Trinajstić information content (AvgIpc) is 2.82. The summed E-state index contributed by atoms with van der Waals surface area (Å²) in [5.41, 5.74) is 0. The molecule has 8 heteroatoms. The molecule has 0 spiro atoms. The highest BCUT2D eigenvalue weighted by Gasteiger charge is 2.30. The zero-order valence-corrected chi connectivity index (χ0v) is 12.0. The molecule has 1 aliphatic heterocycles. The van der Waals surface area contributed by atoms with Crippen LogP contribution in [0.3, 0.4) is 0 Å². The van der Waals surface area contributed by atoms with Crippen LogP contribution >= 0.6 is 11.3 Å². The van der Waals surface area contributed by atoms with E-state index in [1.54, 1.807) is 0 Å². The predicted octanol–water partition coefficient (Wildman–Crippen LogP) is 1.15. The van der Waals surface area contributed by atoms with Crippen LogP contribution in [-0.2, 0) is 14.8 Å². The van der Waals surface area contributed by atoms with Crippen molar-refractivity contribution in [1.29, 1.82) is 0 Å². The topological polar surface area (TPSA) is 92.7 Å². The van der Waals surface area contributed by atoms with Crippen molar-refractivity contribution in [2.24, 2.45) is 5.92 Å². The number of rotatable bonds is 4. The SMILES string of the molecule is CC1COCCC1NS(=O)(=O)c1ccsc1C(=O)O. The Balaban J connectivity index is 2.22. The van der Waals surface area contributed by atoms with Gasteiger partial charge in [0, 0.05) is 12.6 Å². The third-order valence-electron chi connectivity index (χ3n) is 3.06. The first-order valence-electron chi connectivity index (χ1n) is 5.82. The number of carbonyl (C=O) groups is 1. The summed E-state index contributed by atoms with van der Waals surface area (Å²) in [6.07, 6.45) is 0.590. The maximum Gasteiger partial charge on any atom is 0.347 e. The number of sulfonamides is 1. The Hall–Kier alpha value is -0.960. The predicted molar refractivity (Wildman–Crippen MR) is 70.0 cm³/mol. The summed E-state index contributed by atoms with van der Waals surface area (Å²) < 4.78 is 32.3. The molecule has 1 saturated heterocycles. The molecule has 0 aliphatic carbocycles. The number of hydrogen-bond acceptors (Lipinski definition) is 5. The van der Waals surface area contributed by atoms with E-state index in [4.69, 9.17) is 9.84 Å². The summed E-state index contributed by atoms with van der Waals surface area (Å²) in [4.78, 5) is 10.7. The normalized spacial score (nSPS) is 24.3. The quantitative estimate of drug-likeness (QED) is 0.870. The van der Waals surface area contributed by atoms with Crippen molar-refractivity contribution >= 4 is 27.3 Å². The minimum Gasteiger partial charge on any atom is -0.477 e. The highest BCUT2D eigenvalue weighted by Crippen LogP contribution is 2.24. The molecule has 1 aliphatic rings. The minimum atomic E-state index is -3.80. The first kappa shape index (κ1) is 14.4. The van der Waals surface area contributed by atoms with Crippen molar-refractivity contribution in [3.8, 4) is 0 Å². The van der Waals surface area contributed by atoms with E-state index >= 15 is 0 Å². The fourth-order valence-electron chi connectivity index (χ4n) is 1.98. The van der Waals surface area contributed by atoms with Gasteiger partial charge < -0.3 is 9.84 Å². The van der Waals surface area contributed by atoms with Crippen LogP contribution in [0.4, 0.5) is 0 Å². The van der Waals surface area contributed by atoms with Gasteiger partial charge in [-0.25, -0.2) is 17.9 Å². The first-order valence-corrected chi connectivity index (χ1v) is 8.19. The smallest absolute Gasteiger partial charge is 0.347 e. The van der Waals surface area contributed by atoms with Crippen LogP contribution < -0.4 is 4.72 Å². The van der Waals surface area contributed by atoms with Crippen LogP contribution in [0.15, 0.2) is 16.3 Å². The number of carboxylic acids is 1. The molecule has 0 saturated carbocycles. The summed E-state index contributed by atoms with van der Waals surface area (Å²) in [5.74, 6) is -1.16. The minimum absolute atomic E-state index is 0.0652. The molecule has 1 aromatic heterocycles. The van der Waals surface area contributed by atoms with Gasteiger partial charge in [-0.15, -0.1) is 11.3 Å². The number of nitrogens with one attached hydrogen (secondary N) is 1. The standard InChI is InChI=1S/C11H15NO5S2/c1-7-6-17-4-2-8(7)12-19(15,16)9-3-5-18-10(9)11(13)14/h3,5,7-8,12H,2,4,6H2,1H3,(H,13,14). The second-order valence-corrected chi connectivity index (χ2v) is 7.09. The molecule has 1 fully saturated rings. The van der Waals surface area contributed by atoms with Crippen LogP contribution in [0.5, 0.6) is 0 Å². The van der Waals surface area contributed by atoms with E-state index in [1.165, 1.54) is 11.4 Å². The maximum atomic E-state index is 12.2. The molecule has 2 unspecified atom stereocenters. The number of aromatic carboxylic acids is 1. The van der Waals surface area contributed by atoms with E-state index in [9.17, 15) is 13.2 Å². The lowest BCUT2D eigenvalue weighted by Crippen LogP contribution is -2.44. The number of carboxylic acid groups (broad SMARTS) is 1. The number of ether oxygens (including phenoxy) is 1. The molecule has 19 heavy (non-hydrogen) atoms. The van der Waals surface area contributed by atoms with Gasteiger partial charge in [-0.1, -0.05) is 6.92 Å². The van der Waals surface area contributed by atoms with Crippen molar-refractivity contribution in [1.82, 2.24) is 4.72 Å². The molecule has 106 valence electrons. The Kier molecular flexibility index (Phi) is 4.24. The van der Waals surface area contributed by atoms with E-state index in [2.05, 4.69) is 4.72 Å². The first-order chi connectivity index (χ1) is 8.92. The maximum absolute atomic E-state index is 12.2. The lowest BCUT2D eigenvalue weighted by Gasteiger charge is -2.29. The van der Waals surface area contributed by atoms with Gasteiger partial charge in [0.1, 0.15) is 9.77 Å². The molecule has 2 rings (SSSR count). The van der Waals surface area contributed by atoms with Crippen LogP contribution in [0.2, 0.25) is 0 Å². The Morgan fingerprint density at radius 1 is 1.58 bits per heavy atom. The zero-order valence-electron chi connectivity index (χ0n) is 10.3. The van der Waals surface area contributed by atoms with E-state index < -0.39 is 16.0 Å². The Morgan fingerprint density at radius 3 is 2.95 bits per heavy atom. The van der Waals surface area contributed by atoms with Gasteiger partial charge in [-0.05, 0) is 23.8 Å². The van der Waals surface area contributed by atoms with Crippen molar-refractivity contribution in [2.45, 2.75) is 24.3 Å². The molecule has 2 heterocycles. The third kappa shape index (κ3) is 3.14. The molecule has 0 bridgehead atoms. The van der Waals surface area contributed by atoms with Crippen molar-refractivity contribution in [3.63, 3.8) is 0 Å². The Morgan fingerprint density at radius 2 is 2.32 bits per heavy atom. The molecule has 2 atom stereocenters. The fourth-order valence-corrected chi connectivity index (χ4v) is 4.62. The average molecular weight is 305 g/mol. The molecule has 2 N–H and O–H groups in total. The Labute approximate surface area is 115 Å². The van der Waals surface area contributed by atoms with Gasteiger partial charge in [0.2, 0.25) is 10.0 Å². The Bertz CT molecular complexity index is 565. The summed E-state index contributed by atoms with van der Waals surface area (Å²) in [6.45, 7) is 2.91. The van der Waals surface area contributed by atoms with E-state index in [1.807, 2.05) is 6.92 Å². The van der Waals surface area contributed by atoms with E-state index in [-0.39, 0.29) is 21.7 Å². The molecule has 0 aromatic carbocycles. The van der Waals surface area contributed by atoms with Gasteiger partial charge >= 0.3 is 5.97 Å². The zero-order chi connectivity index (χ0) is 14.0. The second kappa shape index (κ2) is 5.58. The highest BCUT2D eigenvalue weighted by atomic mass is 32.2. The van der Waals surface area contributed by atoms with Gasteiger partial charge in [-0.2, -0.15) is 0 Å².